The number of hydrogen-bond donors (Lipinski definition) is 0. The van der Waals surface area contributed by atoms with Crippen molar-refractivity contribution in [2.45, 2.75) is 52.0 Å². The Morgan fingerprint density at radius 3 is 2.46 bits per heavy atom. The molecule has 1 atom stereocenters. The van der Waals surface area contributed by atoms with Gasteiger partial charge in [-0.2, -0.15) is 0 Å². The molecule has 0 radical (unpaired) electrons. The van der Waals surface area contributed by atoms with E-state index in [1.54, 1.807) is 0 Å². The molecule has 0 heterocycles. The number of rotatable bonds is 7. The van der Waals surface area contributed by atoms with Crippen LogP contribution < -0.4 is 0 Å². The first kappa shape index (κ1) is 12.1. The van der Waals surface area contributed by atoms with E-state index in [4.69, 9.17) is 0 Å². The van der Waals surface area contributed by atoms with Gasteiger partial charge in [0, 0.05) is 18.3 Å². The van der Waals surface area contributed by atoms with Crippen molar-refractivity contribution in [1.82, 2.24) is 0 Å². The van der Waals surface area contributed by atoms with E-state index >= 15 is 0 Å². The second-order valence-corrected chi connectivity index (χ2v) is 3.24. The molecule has 0 aliphatic rings. The van der Waals surface area contributed by atoms with E-state index in [1.165, 1.54) is 6.92 Å². The third-order valence-electron chi connectivity index (χ3n) is 2.06. The second kappa shape index (κ2) is 6.57. The van der Waals surface area contributed by atoms with Crippen LogP contribution in [0.5, 0.6) is 0 Å². The summed E-state index contributed by atoms with van der Waals surface area (Å²) in [6.45, 7) is 3.43. The minimum atomic E-state index is -1.03. The molecule has 0 rings (SSSR count). The van der Waals surface area contributed by atoms with Crippen LogP contribution in [0.4, 0.5) is 0 Å². The van der Waals surface area contributed by atoms with E-state index in [1.807, 2.05) is 0 Å². The van der Waals surface area contributed by atoms with Gasteiger partial charge in [0.1, 0.15) is 0 Å². The fourth-order valence-electron chi connectivity index (χ4n) is 1.05. The quantitative estimate of drug-likeness (QED) is 0.348. The Morgan fingerprint density at radius 2 is 2.00 bits per heavy atom. The maximum Gasteiger partial charge on any atom is 0.267 e. The van der Waals surface area contributed by atoms with E-state index in [0.29, 0.717) is 6.42 Å². The van der Waals surface area contributed by atoms with Crippen molar-refractivity contribution in [2.24, 2.45) is 0 Å². The van der Waals surface area contributed by atoms with Crippen molar-refractivity contribution < 1.29 is 9.72 Å². The molecule has 0 aromatic carbocycles. The summed E-state index contributed by atoms with van der Waals surface area (Å²) in [4.78, 5) is 20.8. The van der Waals surface area contributed by atoms with Gasteiger partial charge < -0.3 is 0 Å². The van der Waals surface area contributed by atoms with Gasteiger partial charge in [-0.15, -0.1) is 0 Å². The van der Waals surface area contributed by atoms with Crippen molar-refractivity contribution >= 4 is 5.78 Å². The normalized spacial score (nSPS) is 12.5. The van der Waals surface area contributed by atoms with Gasteiger partial charge in [-0.1, -0.05) is 26.2 Å². The molecule has 4 nitrogen and oxygen atoms in total. The van der Waals surface area contributed by atoms with Crippen LogP contribution in [-0.4, -0.2) is 16.7 Å². The van der Waals surface area contributed by atoms with Gasteiger partial charge in [0.05, 0.1) is 0 Å². The fourth-order valence-corrected chi connectivity index (χ4v) is 1.05. The van der Waals surface area contributed by atoms with Crippen LogP contribution in [0.2, 0.25) is 0 Å². The zero-order chi connectivity index (χ0) is 10.3. The highest BCUT2D eigenvalue weighted by Gasteiger charge is 2.21. The van der Waals surface area contributed by atoms with E-state index < -0.39 is 11.0 Å². The number of Topliss-reactive ketones (excluding diaryl/α,β-unsaturated/α-hetero) is 1. The molecule has 1 unspecified atom stereocenters. The second-order valence-electron chi connectivity index (χ2n) is 3.24. The van der Waals surface area contributed by atoms with Crippen LogP contribution in [0, 0.1) is 10.1 Å². The van der Waals surface area contributed by atoms with E-state index in [9.17, 15) is 14.9 Å². The molecule has 0 bridgehead atoms. The molecule has 4 heteroatoms. The lowest BCUT2D eigenvalue weighted by atomic mass is 10.1. The van der Waals surface area contributed by atoms with E-state index in [-0.39, 0.29) is 5.78 Å². The van der Waals surface area contributed by atoms with Crippen LogP contribution in [0.25, 0.3) is 0 Å². The van der Waals surface area contributed by atoms with Gasteiger partial charge in [-0.3, -0.25) is 14.9 Å². The fraction of sp³-hybridized carbons (Fsp3) is 0.889. The Labute approximate surface area is 78.5 Å². The van der Waals surface area contributed by atoms with Crippen LogP contribution >= 0.6 is 0 Å². The maximum atomic E-state index is 11.1. The molecular formula is C9H17NO3. The van der Waals surface area contributed by atoms with Crippen molar-refractivity contribution in [1.29, 1.82) is 0 Å². The first-order valence-corrected chi connectivity index (χ1v) is 4.75. The number of nitro groups is 1. The zero-order valence-electron chi connectivity index (χ0n) is 8.28. The molecule has 0 saturated carbocycles. The number of ketones is 1. The van der Waals surface area contributed by atoms with Crippen molar-refractivity contribution in [3.63, 3.8) is 0 Å². The average Bonchev–Trinajstić information content (AvgIpc) is 2.10. The highest BCUT2D eigenvalue weighted by molar-refractivity contribution is 5.82. The van der Waals surface area contributed by atoms with Crippen molar-refractivity contribution in [2.75, 3.05) is 0 Å². The lowest BCUT2D eigenvalue weighted by molar-refractivity contribution is -0.503. The minimum Gasteiger partial charge on any atom is -0.292 e. The summed E-state index contributed by atoms with van der Waals surface area (Å²) in [5.74, 6) is -0.249. The van der Waals surface area contributed by atoms with Crippen LogP contribution in [0.1, 0.15) is 46.0 Å². The number of hydrogen-bond acceptors (Lipinski definition) is 3. The molecule has 0 aromatic rings. The summed E-state index contributed by atoms with van der Waals surface area (Å²) in [7, 11) is 0. The molecule has 0 aliphatic carbocycles. The molecule has 13 heavy (non-hydrogen) atoms. The molecule has 0 amide bonds. The number of carbonyl (C=O) groups is 1. The molecule has 0 fully saturated rings. The first-order chi connectivity index (χ1) is 6.09. The summed E-state index contributed by atoms with van der Waals surface area (Å²) in [6, 6.07) is -1.03. The zero-order valence-corrected chi connectivity index (χ0v) is 8.28. The van der Waals surface area contributed by atoms with Crippen LogP contribution in [0.15, 0.2) is 0 Å². The summed E-state index contributed by atoms with van der Waals surface area (Å²) in [5, 5.41) is 10.2. The molecular weight excluding hydrogens is 170 g/mol. The van der Waals surface area contributed by atoms with Crippen molar-refractivity contribution in [3.8, 4) is 0 Å². The topological polar surface area (TPSA) is 60.2 Å². The van der Waals surface area contributed by atoms with Gasteiger partial charge in [0.2, 0.25) is 5.78 Å². The Morgan fingerprint density at radius 1 is 1.38 bits per heavy atom. The number of unbranched alkanes of at least 4 members (excludes halogenated alkanes) is 3. The first-order valence-electron chi connectivity index (χ1n) is 4.75. The van der Waals surface area contributed by atoms with E-state index in [2.05, 4.69) is 6.92 Å². The highest BCUT2D eigenvalue weighted by atomic mass is 16.6. The number of nitrogens with zero attached hydrogens (tertiary/aromatic N) is 1. The van der Waals surface area contributed by atoms with Gasteiger partial charge >= 0.3 is 0 Å². The summed E-state index contributed by atoms with van der Waals surface area (Å²) in [6.07, 6.45) is 4.33. The molecule has 0 saturated heterocycles. The Kier molecular flexibility index (Phi) is 6.10. The lowest BCUT2D eigenvalue weighted by Gasteiger charge is -2.02. The van der Waals surface area contributed by atoms with Gasteiger partial charge in [0.15, 0.2) is 0 Å². The average molecular weight is 187 g/mol. The van der Waals surface area contributed by atoms with Gasteiger partial charge in [0.25, 0.3) is 6.04 Å². The standard InChI is InChI=1S/C9H17NO3/c1-3-4-5-6-7-9(11)8(2)10(12)13/h8H,3-7H2,1-2H3. The maximum absolute atomic E-state index is 11.1. The number of carbonyl (C=O) groups excluding carboxylic acids is 1. The lowest BCUT2D eigenvalue weighted by Crippen LogP contribution is -2.25. The van der Waals surface area contributed by atoms with Crippen LogP contribution in [0.3, 0.4) is 0 Å². The summed E-state index contributed by atoms with van der Waals surface area (Å²) >= 11 is 0. The smallest absolute Gasteiger partial charge is 0.267 e. The Hall–Kier alpha value is -0.930. The molecule has 76 valence electrons. The van der Waals surface area contributed by atoms with Gasteiger partial charge in [-0.25, -0.2) is 0 Å². The third kappa shape index (κ3) is 5.33. The van der Waals surface area contributed by atoms with Crippen molar-refractivity contribution in [3.05, 3.63) is 10.1 Å². The largest absolute Gasteiger partial charge is 0.292 e. The highest BCUT2D eigenvalue weighted by Crippen LogP contribution is 2.05. The Balaban J connectivity index is 3.56. The summed E-state index contributed by atoms with van der Waals surface area (Å²) < 4.78 is 0. The predicted octanol–water partition coefficient (Wildman–Crippen LogP) is 2.19. The molecule has 0 N–H and O–H groups in total. The molecule has 0 aliphatic heterocycles. The monoisotopic (exact) mass is 187 g/mol. The molecule has 0 aromatic heterocycles. The molecule has 0 spiro atoms. The minimum absolute atomic E-state index is 0.249. The van der Waals surface area contributed by atoms with E-state index in [0.717, 1.165) is 25.7 Å². The predicted molar refractivity (Wildman–Crippen MR) is 50.2 cm³/mol. The third-order valence-corrected chi connectivity index (χ3v) is 2.06. The Bertz CT molecular complexity index is 180. The van der Waals surface area contributed by atoms with Crippen LogP contribution in [-0.2, 0) is 4.79 Å². The summed E-state index contributed by atoms with van der Waals surface area (Å²) in [5.41, 5.74) is 0. The SMILES string of the molecule is CCCCCCC(=O)C(C)[N+](=O)[O-]. The van der Waals surface area contributed by atoms with Gasteiger partial charge in [-0.05, 0) is 6.42 Å².